The summed E-state index contributed by atoms with van der Waals surface area (Å²) in [5.74, 6) is -0.415. The molecular formula is C14H16F3NO3S2. The molecule has 1 amide bonds. The van der Waals surface area contributed by atoms with Crippen LogP contribution in [0.4, 0.5) is 13.2 Å². The van der Waals surface area contributed by atoms with Crippen LogP contribution in [-0.4, -0.2) is 37.1 Å². The Morgan fingerprint density at radius 2 is 2.09 bits per heavy atom. The van der Waals surface area contributed by atoms with E-state index in [9.17, 15) is 26.4 Å². The minimum Gasteiger partial charge on any atom is -0.351 e. The van der Waals surface area contributed by atoms with Crippen molar-refractivity contribution >= 4 is 27.5 Å². The maximum absolute atomic E-state index is 12.7. The second-order valence-electron chi connectivity index (χ2n) is 5.39. The minimum absolute atomic E-state index is 0.0487. The number of alkyl halides is 3. The average Bonchev–Trinajstić information content (AvgIpc) is 2.77. The number of carbonyl (C=O) groups is 1. The standard InChI is InChI=1S/C14H16F3NO3S2/c1-9(13(19)18-11-5-6-23(20,21)8-11)22-12-4-2-3-10(7-12)14(15,16)17/h2-4,7,9,11H,5-6,8H2,1H3,(H,18,19)/t9-,11-/m1/s1. The van der Waals surface area contributed by atoms with Gasteiger partial charge in [-0.15, -0.1) is 11.8 Å². The van der Waals surface area contributed by atoms with Gasteiger partial charge >= 0.3 is 6.18 Å². The van der Waals surface area contributed by atoms with Gasteiger partial charge in [-0.25, -0.2) is 8.42 Å². The van der Waals surface area contributed by atoms with E-state index in [-0.39, 0.29) is 17.4 Å². The maximum atomic E-state index is 12.7. The van der Waals surface area contributed by atoms with Gasteiger partial charge in [0.1, 0.15) is 0 Å². The molecule has 0 radical (unpaired) electrons. The van der Waals surface area contributed by atoms with Crippen LogP contribution in [0.25, 0.3) is 0 Å². The lowest BCUT2D eigenvalue weighted by molar-refractivity contribution is -0.137. The van der Waals surface area contributed by atoms with Crippen LogP contribution in [-0.2, 0) is 20.8 Å². The van der Waals surface area contributed by atoms with Gasteiger partial charge in [-0.05, 0) is 31.5 Å². The Bertz CT molecular complexity index is 689. The van der Waals surface area contributed by atoms with Gasteiger partial charge in [0.25, 0.3) is 0 Å². The van der Waals surface area contributed by atoms with E-state index in [0.29, 0.717) is 11.3 Å². The zero-order valence-electron chi connectivity index (χ0n) is 12.3. The predicted molar refractivity (Wildman–Crippen MR) is 82.0 cm³/mol. The van der Waals surface area contributed by atoms with Gasteiger partial charge in [0, 0.05) is 10.9 Å². The van der Waals surface area contributed by atoms with Gasteiger partial charge in [-0.2, -0.15) is 13.2 Å². The van der Waals surface area contributed by atoms with E-state index in [0.717, 1.165) is 23.9 Å². The number of halogens is 3. The van der Waals surface area contributed by atoms with Crippen LogP contribution in [0.3, 0.4) is 0 Å². The van der Waals surface area contributed by atoms with Crippen LogP contribution in [0, 0.1) is 0 Å². The fourth-order valence-electron chi connectivity index (χ4n) is 2.23. The van der Waals surface area contributed by atoms with Gasteiger partial charge in [-0.1, -0.05) is 6.07 Å². The van der Waals surface area contributed by atoms with Gasteiger partial charge in [0.15, 0.2) is 9.84 Å². The molecule has 0 unspecified atom stereocenters. The Labute approximate surface area is 136 Å². The first kappa shape index (κ1) is 18.1. The van der Waals surface area contributed by atoms with E-state index in [4.69, 9.17) is 0 Å². The van der Waals surface area contributed by atoms with Crippen LogP contribution in [0.15, 0.2) is 29.2 Å². The molecule has 1 heterocycles. The highest BCUT2D eigenvalue weighted by Gasteiger charge is 2.32. The van der Waals surface area contributed by atoms with Gasteiger partial charge in [0.05, 0.1) is 22.3 Å². The molecule has 2 rings (SSSR count). The van der Waals surface area contributed by atoms with Crippen molar-refractivity contribution in [2.24, 2.45) is 0 Å². The molecule has 0 saturated carbocycles. The van der Waals surface area contributed by atoms with Crippen LogP contribution in [0.2, 0.25) is 0 Å². The summed E-state index contributed by atoms with van der Waals surface area (Å²) in [6.07, 6.45) is -4.06. The minimum atomic E-state index is -4.43. The second-order valence-corrected chi connectivity index (χ2v) is 9.04. The van der Waals surface area contributed by atoms with Crippen LogP contribution < -0.4 is 5.32 Å². The van der Waals surface area contributed by atoms with Gasteiger partial charge in [0.2, 0.25) is 5.91 Å². The highest BCUT2D eigenvalue weighted by atomic mass is 32.2. The monoisotopic (exact) mass is 367 g/mol. The number of benzene rings is 1. The summed E-state index contributed by atoms with van der Waals surface area (Å²) in [4.78, 5) is 12.4. The molecule has 2 atom stereocenters. The predicted octanol–water partition coefficient (Wildman–Crippen LogP) is 2.49. The molecule has 0 spiro atoms. The number of nitrogens with one attached hydrogen (secondary N) is 1. The molecule has 1 N–H and O–H groups in total. The van der Waals surface area contributed by atoms with E-state index in [1.54, 1.807) is 6.92 Å². The Kier molecular flexibility index (Phi) is 5.30. The SMILES string of the molecule is C[C@@H](Sc1cccc(C(F)(F)F)c1)C(=O)N[C@@H]1CCS(=O)(=O)C1. The molecule has 1 aromatic rings. The maximum Gasteiger partial charge on any atom is 0.416 e. The first-order chi connectivity index (χ1) is 10.6. The fourth-order valence-corrected chi connectivity index (χ4v) is 4.84. The molecule has 1 aliphatic heterocycles. The molecular weight excluding hydrogens is 351 g/mol. The molecule has 23 heavy (non-hydrogen) atoms. The lowest BCUT2D eigenvalue weighted by atomic mass is 10.2. The third kappa shape index (κ3) is 5.13. The average molecular weight is 367 g/mol. The van der Waals surface area contributed by atoms with E-state index < -0.39 is 32.9 Å². The van der Waals surface area contributed by atoms with E-state index in [1.807, 2.05) is 0 Å². The smallest absolute Gasteiger partial charge is 0.351 e. The summed E-state index contributed by atoms with van der Waals surface area (Å²) in [6, 6.07) is 4.34. The molecule has 1 saturated heterocycles. The summed E-state index contributed by atoms with van der Waals surface area (Å²) in [7, 11) is -3.09. The lowest BCUT2D eigenvalue weighted by Gasteiger charge is -2.16. The molecule has 1 aliphatic rings. The van der Waals surface area contributed by atoms with Crippen molar-refractivity contribution in [2.75, 3.05) is 11.5 Å². The first-order valence-corrected chi connectivity index (χ1v) is 9.62. The molecule has 0 aliphatic carbocycles. The van der Waals surface area contributed by atoms with Gasteiger partial charge in [-0.3, -0.25) is 4.79 Å². The van der Waals surface area contributed by atoms with Crippen molar-refractivity contribution < 1.29 is 26.4 Å². The molecule has 4 nitrogen and oxygen atoms in total. The Balaban J connectivity index is 1.96. The van der Waals surface area contributed by atoms with Crippen LogP contribution in [0.1, 0.15) is 18.9 Å². The van der Waals surface area contributed by atoms with Crippen molar-refractivity contribution in [3.05, 3.63) is 29.8 Å². The number of hydrogen-bond acceptors (Lipinski definition) is 4. The van der Waals surface area contributed by atoms with Crippen molar-refractivity contribution in [3.8, 4) is 0 Å². The van der Waals surface area contributed by atoms with Crippen molar-refractivity contribution in [1.82, 2.24) is 5.32 Å². The summed E-state index contributed by atoms with van der Waals surface area (Å²) >= 11 is 1.00. The van der Waals surface area contributed by atoms with E-state index >= 15 is 0 Å². The summed E-state index contributed by atoms with van der Waals surface area (Å²) in [5, 5.41) is 2.01. The van der Waals surface area contributed by atoms with Crippen molar-refractivity contribution in [2.45, 2.75) is 35.7 Å². The highest BCUT2D eigenvalue weighted by Crippen LogP contribution is 2.33. The third-order valence-electron chi connectivity index (χ3n) is 3.42. The van der Waals surface area contributed by atoms with Crippen LogP contribution in [0.5, 0.6) is 0 Å². The number of hydrogen-bond donors (Lipinski definition) is 1. The molecule has 9 heteroatoms. The van der Waals surface area contributed by atoms with E-state index in [1.165, 1.54) is 12.1 Å². The summed E-state index contributed by atoms with van der Waals surface area (Å²) in [6.45, 7) is 1.57. The largest absolute Gasteiger partial charge is 0.416 e. The number of thioether (sulfide) groups is 1. The number of rotatable bonds is 4. The number of amides is 1. The summed E-state index contributed by atoms with van der Waals surface area (Å²) in [5.41, 5.74) is -0.767. The lowest BCUT2D eigenvalue weighted by Crippen LogP contribution is -2.39. The Morgan fingerprint density at radius 1 is 1.39 bits per heavy atom. The second kappa shape index (κ2) is 6.72. The zero-order chi connectivity index (χ0) is 17.3. The fraction of sp³-hybridized carbons (Fsp3) is 0.500. The van der Waals surface area contributed by atoms with Crippen molar-refractivity contribution in [1.29, 1.82) is 0 Å². The van der Waals surface area contributed by atoms with Crippen molar-refractivity contribution in [3.63, 3.8) is 0 Å². The first-order valence-electron chi connectivity index (χ1n) is 6.91. The Hall–Kier alpha value is -1.22. The quantitative estimate of drug-likeness (QED) is 0.831. The third-order valence-corrected chi connectivity index (χ3v) is 6.28. The van der Waals surface area contributed by atoms with E-state index in [2.05, 4.69) is 5.32 Å². The molecule has 0 aromatic heterocycles. The molecule has 1 fully saturated rings. The topological polar surface area (TPSA) is 63.2 Å². The highest BCUT2D eigenvalue weighted by molar-refractivity contribution is 8.00. The zero-order valence-corrected chi connectivity index (χ0v) is 13.9. The normalized spacial score (nSPS) is 21.8. The molecule has 0 bridgehead atoms. The Morgan fingerprint density at radius 3 is 2.65 bits per heavy atom. The van der Waals surface area contributed by atoms with Gasteiger partial charge < -0.3 is 5.32 Å². The molecule has 1 aromatic carbocycles. The summed E-state index contributed by atoms with van der Waals surface area (Å²) < 4.78 is 60.7. The molecule has 128 valence electrons. The number of sulfone groups is 1. The van der Waals surface area contributed by atoms with Crippen LogP contribution >= 0.6 is 11.8 Å². The number of carbonyl (C=O) groups excluding carboxylic acids is 1.